The average molecular weight is 468 g/mol. The minimum atomic E-state index is -0.958. The Morgan fingerprint density at radius 1 is 1.15 bits per heavy atom. The van der Waals surface area contributed by atoms with Gasteiger partial charge < -0.3 is 24.7 Å². The molecule has 8 heteroatoms. The van der Waals surface area contributed by atoms with E-state index in [0.717, 1.165) is 11.1 Å². The van der Waals surface area contributed by atoms with Crippen molar-refractivity contribution in [2.45, 2.75) is 44.8 Å². The number of piperidine rings is 1. The molecule has 1 aromatic heterocycles. The number of para-hydroxylation sites is 1. The number of likely N-dealkylation sites (N-methyl/N-ethyl adjacent to an activating group) is 1. The van der Waals surface area contributed by atoms with Crippen molar-refractivity contribution in [1.29, 1.82) is 0 Å². The van der Waals surface area contributed by atoms with Gasteiger partial charge in [-0.3, -0.25) is 14.6 Å². The van der Waals surface area contributed by atoms with Crippen LogP contribution in [0.5, 0.6) is 5.75 Å². The van der Waals surface area contributed by atoms with Crippen molar-refractivity contribution in [3.8, 4) is 5.75 Å². The molecule has 182 valence electrons. The summed E-state index contributed by atoms with van der Waals surface area (Å²) in [5.74, 6) is 0.373. The van der Waals surface area contributed by atoms with Gasteiger partial charge in [0, 0.05) is 51.1 Å². The van der Waals surface area contributed by atoms with Gasteiger partial charge in [0.05, 0.1) is 12.2 Å². The number of aliphatic hydroxyl groups excluding tert-OH is 2. The van der Waals surface area contributed by atoms with Crippen LogP contribution in [-0.2, 0) is 11.2 Å². The molecule has 1 aromatic carbocycles. The van der Waals surface area contributed by atoms with Crippen LogP contribution in [0.3, 0.4) is 0 Å². The fraction of sp³-hybridized carbons (Fsp3) is 0.500. The Labute approximate surface area is 200 Å². The van der Waals surface area contributed by atoms with Gasteiger partial charge in [-0.15, -0.1) is 0 Å². The molecule has 3 heterocycles. The third-order valence-corrected chi connectivity index (χ3v) is 7.20. The van der Waals surface area contributed by atoms with Crippen LogP contribution in [0.25, 0.3) is 0 Å². The van der Waals surface area contributed by atoms with E-state index >= 15 is 0 Å². The zero-order valence-corrected chi connectivity index (χ0v) is 19.8. The summed E-state index contributed by atoms with van der Waals surface area (Å²) in [4.78, 5) is 33.4. The molecule has 4 rings (SSSR count). The molecule has 0 saturated carbocycles. The summed E-state index contributed by atoms with van der Waals surface area (Å²) in [5.41, 5.74) is 1.83. The van der Waals surface area contributed by atoms with Gasteiger partial charge in [-0.2, -0.15) is 0 Å². The van der Waals surface area contributed by atoms with Gasteiger partial charge in [-0.1, -0.05) is 18.2 Å². The van der Waals surface area contributed by atoms with Crippen molar-refractivity contribution in [1.82, 2.24) is 14.8 Å². The maximum atomic E-state index is 13.1. The second-order valence-electron chi connectivity index (χ2n) is 9.67. The Morgan fingerprint density at radius 2 is 1.88 bits per heavy atom. The Morgan fingerprint density at radius 3 is 2.62 bits per heavy atom. The van der Waals surface area contributed by atoms with Gasteiger partial charge in [0.1, 0.15) is 5.75 Å². The van der Waals surface area contributed by atoms with Crippen molar-refractivity contribution in [3.05, 3.63) is 59.4 Å². The third-order valence-electron chi connectivity index (χ3n) is 7.20. The molecular formula is C26H33N3O5. The summed E-state index contributed by atoms with van der Waals surface area (Å²) in [6.45, 7) is 3.25. The number of hydrogen-bond acceptors (Lipinski definition) is 6. The number of carbonyl (C=O) groups excluding carboxylic acids is 2. The number of aliphatic hydroxyl groups is 2. The Bertz CT molecular complexity index is 1030. The average Bonchev–Trinajstić information content (AvgIpc) is 2.83. The first-order valence-electron chi connectivity index (χ1n) is 11.8. The first-order valence-corrected chi connectivity index (χ1v) is 11.8. The lowest BCUT2D eigenvalue weighted by molar-refractivity contribution is -0.135. The smallest absolute Gasteiger partial charge is 0.260 e. The fourth-order valence-corrected chi connectivity index (χ4v) is 5.09. The first-order chi connectivity index (χ1) is 16.3. The summed E-state index contributed by atoms with van der Waals surface area (Å²) in [6, 6.07) is 9.01. The van der Waals surface area contributed by atoms with Crippen LogP contribution in [0.15, 0.2) is 42.7 Å². The fourth-order valence-electron chi connectivity index (χ4n) is 5.09. The quantitative estimate of drug-likeness (QED) is 0.663. The van der Waals surface area contributed by atoms with Gasteiger partial charge in [0.25, 0.3) is 11.8 Å². The molecule has 2 aliphatic rings. The van der Waals surface area contributed by atoms with Gasteiger partial charge in [-0.25, -0.2) is 0 Å². The topological polar surface area (TPSA) is 103 Å². The molecule has 2 amide bonds. The zero-order valence-electron chi connectivity index (χ0n) is 19.8. The number of fused-ring (bicyclic) bond motifs is 1. The Kier molecular flexibility index (Phi) is 7.19. The van der Waals surface area contributed by atoms with Crippen LogP contribution in [0.2, 0.25) is 0 Å². The van der Waals surface area contributed by atoms with Crippen LogP contribution in [0.4, 0.5) is 0 Å². The van der Waals surface area contributed by atoms with Gasteiger partial charge in [-0.05, 0) is 54.9 Å². The molecule has 34 heavy (non-hydrogen) atoms. The number of hydrogen-bond donors (Lipinski definition) is 2. The van der Waals surface area contributed by atoms with E-state index in [1.54, 1.807) is 36.5 Å². The predicted molar refractivity (Wildman–Crippen MR) is 126 cm³/mol. The number of ether oxygens (including phenoxy) is 1. The lowest BCUT2D eigenvalue weighted by Crippen LogP contribution is -2.51. The number of amides is 2. The summed E-state index contributed by atoms with van der Waals surface area (Å²) in [7, 11) is 1.74. The van der Waals surface area contributed by atoms with Crippen molar-refractivity contribution >= 4 is 11.8 Å². The molecule has 2 aliphatic heterocycles. The minimum absolute atomic E-state index is 0.0297. The summed E-state index contributed by atoms with van der Waals surface area (Å²) in [5, 5.41) is 21.8. The van der Waals surface area contributed by atoms with E-state index in [1.165, 1.54) is 0 Å². The number of carbonyl (C=O) groups is 2. The molecular weight excluding hydrogens is 434 g/mol. The summed E-state index contributed by atoms with van der Waals surface area (Å²) in [6.07, 6.45) is 3.24. The molecule has 0 unspecified atom stereocenters. The number of pyridine rings is 1. The second kappa shape index (κ2) is 10.1. The Hall–Kier alpha value is -2.97. The van der Waals surface area contributed by atoms with Gasteiger partial charge >= 0.3 is 0 Å². The van der Waals surface area contributed by atoms with Crippen molar-refractivity contribution in [2.24, 2.45) is 5.41 Å². The molecule has 2 aromatic rings. The van der Waals surface area contributed by atoms with Crippen molar-refractivity contribution in [3.63, 3.8) is 0 Å². The standard InChI is InChI=1S/C26H33N3O5/c1-18-15-27-10-7-20(18)25(33)29-11-8-26(9-12-29)14-22(31)21(30)13-19-5-3-4-6-23(19)34-16-24(32)28(2)17-26/h3-7,10,15,21-22,30-31H,8-9,11-14,16-17H2,1-2H3/t21-,22+/m0/s1. The normalized spacial score (nSPS) is 23.5. The molecule has 0 radical (unpaired) electrons. The van der Waals surface area contributed by atoms with E-state index in [4.69, 9.17) is 4.74 Å². The summed E-state index contributed by atoms with van der Waals surface area (Å²) >= 11 is 0. The lowest BCUT2D eigenvalue weighted by atomic mass is 9.72. The van der Waals surface area contributed by atoms with E-state index in [9.17, 15) is 19.8 Å². The first kappa shape index (κ1) is 24.2. The maximum absolute atomic E-state index is 13.1. The van der Waals surface area contributed by atoms with E-state index < -0.39 is 17.6 Å². The predicted octanol–water partition coefficient (Wildman–Crippen LogP) is 1.82. The molecule has 2 atom stereocenters. The van der Waals surface area contributed by atoms with Gasteiger partial charge in [0.2, 0.25) is 0 Å². The van der Waals surface area contributed by atoms with Crippen LogP contribution in [-0.4, -0.2) is 82.3 Å². The lowest BCUT2D eigenvalue weighted by Gasteiger charge is -2.45. The van der Waals surface area contributed by atoms with E-state index in [0.29, 0.717) is 50.2 Å². The number of benzene rings is 1. The van der Waals surface area contributed by atoms with Crippen LogP contribution in [0, 0.1) is 12.3 Å². The monoisotopic (exact) mass is 467 g/mol. The second-order valence-corrected chi connectivity index (χ2v) is 9.67. The molecule has 1 spiro atoms. The highest BCUT2D eigenvalue weighted by atomic mass is 16.5. The van der Waals surface area contributed by atoms with Gasteiger partial charge in [0.15, 0.2) is 6.61 Å². The zero-order chi connectivity index (χ0) is 24.3. The molecule has 0 aliphatic carbocycles. The summed E-state index contributed by atoms with van der Waals surface area (Å²) < 4.78 is 5.77. The largest absolute Gasteiger partial charge is 0.483 e. The highest BCUT2D eigenvalue weighted by Crippen LogP contribution is 2.39. The number of aryl methyl sites for hydroxylation is 1. The van der Waals surface area contributed by atoms with Crippen LogP contribution >= 0.6 is 0 Å². The third kappa shape index (κ3) is 5.23. The number of likely N-dealkylation sites (tertiary alicyclic amines) is 1. The molecule has 1 fully saturated rings. The van der Waals surface area contributed by atoms with Crippen LogP contribution < -0.4 is 4.74 Å². The Balaban J connectivity index is 1.53. The maximum Gasteiger partial charge on any atom is 0.260 e. The molecule has 2 N–H and O–H groups in total. The van der Waals surface area contributed by atoms with E-state index in [2.05, 4.69) is 4.98 Å². The molecule has 1 saturated heterocycles. The van der Waals surface area contributed by atoms with Crippen LogP contribution in [0.1, 0.15) is 40.7 Å². The number of rotatable bonds is 1. The SMILES string of the molecule is Cc1cnccc1C(=O)N1CCC2(CC1)C[C@@H](O)[C@@H](O)Cc1ccccc1OCC(=O)N(C)C2. The van der Waals surface area contributed by atoms with Crippen molar-refractivity contribution in [2.75, 3.05) is 33.3 Å². The van der Waals surface area contributed by atoms with E-state index in [-0.39, 0.29) is 24.8 Å². The minimum Gasteiger partial charge on any atom is -0.483 e. The number of nitrogens with zero attached hydrogens (tertiary/aromatic N) is 3. The highest BCUT2D eigenvalue weighted by Gasteiger charge is 2.41. The molecule has 8 nitrogen and oxygen atoms in total. The highest BCUT2D eigenvalue weighted by molar-refractivity contribution is 5.95. The number of aromatic nitrogens is 1. The van der Waals surface area contributed by atoms with E-state index in [1.807, 2.05) is 30.0 Å². The molecule has 0 bridgehead atoms. The van der Waals surface area contributed by atoms with Crippen molar-refractivity contribution < 1.29 is 24.5 Å².